The van der Waals surface area contributed by atoms with E-state index in [-0.39, 0.29) is 29.7 Å². The number of methoxy groups -OCH3 is 4. The molecule has 9 aromatic carbocycles. The number of hydrogen-bond donors (Lipinski definition) is 0. The molecule has 0 saturated heterocycles. The van der Waals surface area contributed by atoms with Gasteiger partial charge in [-0.05, 0) is 256 Å². The molecular weight excluding hydrogens is 1510 g/mol. The monoisotopic (exact) mass is 1580 g/mol. The molecule has 0 bridgehead atoms. The fourth-order valence-electron chi connectivity index (χ4n) is 10.1. The van der Waals surface area contributed by atoms with Crippen molar-refractivity contribution in [2.75, 3.05) is 28.4 Å². The van der Waals surface area contributed by atoms with Gasteiger partial charge in [0.1, 0.15) is 51.8 Å². The Morgan fingerprint density at radius 1 is 0.255 bits per heavy atom. The summed E-state index contributed by atoms with van der Waals surface area (Å²) >= 11 is 14.9. The van der Waals surface area contributed by atoms with Crippen molar-refractivity contribution in [3.8, 4) is 46.0 Å². The Hall–Kier alpha value is -10.4. The van der Waals surface area contributed by atoms with E-state index < -0.39 is 0 Å². The first-order valence-corrected chi connectivity index (χ1v) is 40.2. The summed E-state index contributed by atoms with van der Waals surface area (Å²) in [5.74, 6) is 5.07. The second-order valence-electron chi connectivity index (χ2n) is 22.1. The third kappa shape index (κ3) is 22.3. The molecule has 0 aliphatic rings. The lowest BCUT2D eigenvalue weighted by atomic mass is 10.2. The van der Waals surface area contributed by atoms with Crippen molar-refractivity contribution in [2.45, 2.75) is 27.7 Å². The van der Waals surface area contributed by atoms with E-state index in [2.05, 4.69) is 76.1 Å². The lowest BCUT2D eigenvalue weighted by Gasteiger charge is -2.01. The molecule has 538 valence electrons. The van der Waals surface area contributed by atoms with Gasteiger partial charge in [0.05, 0.1) is 42.5 Å². The van der Waals surface area contributed by atoms with Crippen LogP contribution < -0.4 is 37.9 Å². The summed E-state index contributed by atoms with van der Waals surface area (Å²) in [5.41, 5.74) is 0. The molecule has 0 radical (unpaired) electrons. The van der Waals surface area contributed by atoms with E-state index in [4.69, 9.17) is 37.9 Å². The number of ether oxygens (including phenoxy) is 8. The Labute approximate surface area is 647 Å². The molecule has 9 aromatic heterocycles. The van der Waals surface area contributed by atoms with Crippen molar-refractivity contribution >= 4 is 217 Å². The quantitative estimate of drug-likeness (QED) is 0.106. The summed E-state index contributed by atoms with van der Waals surface area (Å²) in [4.78, 5) is 42.9. The molecule has 0 fully saturated rings. The minimum atomic E-state index is -0.283. The largest absolute Gasteiger partial charge is 0.497 e. The number of esters is 4. The van der Waals surface area contributed by atoms with Crippen LogP contribution in [0.4, 0.5) is 4.39 Å². The van der Waals surface area contributed by atoms with Crippen LogP contribution in [0.3, 0.4) is 0 Å². The first-order valence-electron chi connectivity index (χ1n) is 32.3. The molecule has 18 rings (SSSR count). The Morgan fingerprint density at radius 2 is 0.594 bits per heavy atom. The Kier molecular flexibility index (Phi) is 29.3. The van der Waals surface area contributed by atoms with E-state index in [0.29, 0.717) is 23.0 Å². The van der Waals surface area contributed by atoms with Crippen molar-refractivity contribution in [2.24, 2.45) is 0 Å². The average Bonchev–Trinajstić information content (AvgIpc) is 1.63. The number of carbonyl (C=O) groups excluding carboxylic acids is 4. The van der Waals surface area contributed by atoms with E-state index in [1.165, 1.54) is 95.5 Å². The molecule has 12 nitrogen and oxygen atoms in total. The maximum absolute atomic E-state index is 12.8. The number of rotatable bonds is 8. The van der Waals surface area contributed by atoms with Gasteiger partial charge in [0.2, 0.25) is 0 Å². The highest BCUT2D eigenvalue weighted by Crippen LogP contribution is 2.35. The van der Waals surface area contributed by atoms with E-state index in [9.17, 15) is 23.6 Å². The van der Waals surface area contributed by atoms with Gasteiger partial charge in [0.15, 0.2) is 0 Å². The molecule has 0 saturated carbocycles. The average molecular weight is 1580 g/mol. The lowest BCUT2D eigenvalue weighted by Crippen LogP contribution is -2.01. The maximum Gasteiger partial charge on any atom is 0.308 e. The molecular formula is C84H69FO12S9. The highest BCUT2D eigenvalue weighted by atomic mass is 32.1. The van der Waals surface area contributed by atoms with Gasteiger partial charge in [0, 0.05) is 66.7 Å². The lowest BCUT2D eigenvalue weighted by molar-refractivity contribution is -0.132. The summed E-state index contributed by atoms with van der Waals surface area (Å²) < 4.78 is 63.8. The van der Waals surface area contributed by atoms with Crippen molar-refractivity contribution in [1.82, 2.24) is 0 Å². The van der Waals surface area contributed by atoms with Crippen LogP contribution in [0.25, 0.3) is 90.8 Å². The molecule has 0 unspecified atom stereocenters. The molecule has 0 atom stereocenters. The fourth-order valence-corrected chi connectivity index (χ4v) is 17.4. The number of benzene rings is 9. The molecule has 9 heterocycles. The van der Waals surface area contributed by atoms with Crippen molar-refractivity contribution in [3.05, 3.63) is 273 Å². The normalized spacial score (nSPS) is 10.3. The fraction of sp³-hybridized carbons (Fsp3) is 0.0952. The van der Waals surface area contributed by atoms with Crippen LogP contribution in [-0.4, -0.2) is 52.3 Å². The topological polar surface area (TPSA) is 142 Å². The van der Waals surface area contributed by atoms with Crippen LogP contribution in [0.5, 0.6) is 46.0 Å². The van der Waals surface area contributed by atoms with Crippen molar-refractivity contribution in [1.29, 1.82) is 0 Å². The number of carbonyl (C=O) groups is 4. The predicted molar refractivity (Wildman–Crippen MR) is 448 cm³/mol. The zero-order valence-electron chi connectivity index (χ0n) is 58.4. The minimum Gasteiger partial charge on any atom is -0.497 e. The van der Waals surface area contributed by atoms with Gasteiger partial charge in [-0.25, -0.2) is 4.39 Å². The zero-order valence-corrected chi connectivity index (χ0v) is 65.8. The molecule has 0 aliphatic heterocycles. The highest BCUT2D eigenvalue weighted by Gasteiger charge is 2.09. The van der Waals surface area contributed by atoms with Crippen LogP contribution in [0.1, 0.15) is 27.7 Å². The van der Waals surface area contributed by atoms with E-state index in [0.717, 1.165) is 63.3 Å². The first-order chi connectivity index (χ1) is 51.6. The SMILES string of the molecule is CC(=O)Oc1ccc2ccsc2c1.CC(=O)Oc1ccc2sccc2c1.CC(=O)Oc1cccc2ccsc12.CC(=O)Oc1cccc2sccc12.COc1ccc2ccsc2c1.COc1ccc2sccc2c1.COc1cccc2ccsc12.COc1cccc2sccc12.Fc1cccc2ccsc12. The third-order valence-corrected chi connectivity index (χ3v) is 23.0. The van der Waals surface area contributed by atoms with Crippen LogP contribution in [-0.2, 0) is 19.2 Å². The standard InChI is InChI=1S/4C10H8O2S.4C9H8OS.C8H5FS/c1-7(11)12-9-2-3-10-8(6-9)4-5-13-10;1-7(11)12-9-3-2-8-4-5-13-10(8)6-9;1-7(11)12-9-3-2-4-10-8(9)5-6-13-10;1-7(11)12-9-4-2-3-8-5-6-13-10(8)9;1-10-8-2-3-9-7(6-8)4-5-11-9;1-10-8-3-2-7-4-5-11-9(7)6-8;1-10-8-3-2-4-9-7(8)5-6-11-9;1-10-8-4-2-3-7-5-6-11-9(7)8;9-7-3-1-2-6-4-5-10-8(6)7/h4*2-6H,1H3;4*2-6H,1H3;1-5H. The van der Waals surface area contributed by atoms with Crippen LogP contribution in [0.15, 0.2) is 267 Å². The summed E-state index contributed by atoms with van der Waals surface area (Å²) in [6.07, 6.45) is 0. The number of halogens is 1. The van der Waals surface area contributed by atoms with E-state index in [1.54, 1.807) is 149 Å². The van der Waals surface area contributed by atoms with Crippen molar-refractivity contribution < 1.29 is 61.5 Å². The third-order valence-electron chi connectivity index (χ3n) is 14.9. The molecule has 0 aliphatic carbocycles. The Morgan fingerprint density at radius 3 is 1.11 bits per heavy atom. The molecule has 0 spiro atoms. The van der Waals surface area contributed by atoms with E-state index in [1.807, 2.05) is 154 Å². The first kappa shape index (κ1) is 78.2. The zero-order chi connectivity index (χ0) is 74.7. The summed E-state index contributed by atoms with van der Waals surface area (Å²) in [7, 11) is 6.78. The summed E-state index contributed by atoms with van der Waals surface area (Å²) in [5, 5.41) is 28.6. The van der Waals surface area contributed by atoms with Gasteiger partial charge >= 0.3 is 23.9 Å². The molecule has 22 heteroatoms. The van der Waals surface area contributed by atoms with Crippen LogP contribution >= 0.6 is 102 Å². The van der Waals surface area contributed by atoms with Gasteiger partial charge in [-0.1, -0.05) is 48.5 Å². The summed E-state index contributed by atoms with van der Waals surface area (Å²) in [6, 6.07) is 70.5. The van der Waals surface area contributed by atoms with Crippen molar-refractivity contribution in [3.63, 3.8) is 0 Å². The molecule has 0 amide bonds. The van der Waals surface area contributed by atoms with Gasteiger partial charge < -0.3 is 37.9 Å². The number of fused-ring (bicyclic) bond motifs is 9. The van der Waals surface area contributed by atoms with Crippen LogP contribution in [0, 0.1) is 5.82 Å². The number of thiophene rings is 9. The van der Waals surface area contributed by atoms with Gasteiger partial charge in [-0.2, -0.15) is 0 Å². The highest BCUT2D eigenvalue weighted by molar-refractivity contribution is 7.19. The van der Waals surface area contributed by atoms with Gasteiger partial charge in [-0.15, -0.1) is 102 Å². The smallest absolute Gasteiger partial charge is 0.308 e. The molecule has 0 N–H and O–H groups in total. The van der Waals surface area contributed by atoms with Gasteiger partial charge in [0.25, 0.3) is 0 Å². The van der Waals surface area contributed by atoms with Gasteiger partial charge in [-0.3, -0.25) is 19.2 Å². The summed E-state index contributed by atoms with van der Waals surface area (Å²) in [6.45, 7) is 5.62. The predicted octanol–water partition coefficient (Wildman–Crippen LogP) is 26.0. The Balaban J connectivity index is 0.000000128. The molecule has 106 heavy (non-hydrogen) atoms. The second-order valence-corrected chi connectivity index (χ2v) is 30.6. The Bertz CT molecular complexity index is 5520. The second kappa shape index (κ2) is 39.7. The van der Waals surface area contributed by atoms with Crippen LogP contribution in [0.2, 0.25) is 0 Å². The maximum atomic E-state index is 12.8. The minimum absolute atomic E-state index is 0.118. The van der Waals surface area contributed by atoms with E-state index >= 15 is 0 Å². The molecule has 18 aromatic rings. The number of hydrogen-bond acceptors (Lipinski definition) is 21.